The molecule has 1 amide bonds. The minimum absolute atomic E-state index is 0.0224. The molecule has 0 fully saturated rings. The maximum Gasteiger partial charge on any atom is 0.387 e. The third kappa shape index (κ3) is 4.48. The predicted octanol–water partition coefficient (Wildman–Crippen LogP) is 3.43. The van der Waals surface area contributed by atoms with Gasteiger partial charge in [-0.2, -0.15) is 8.78 Å². The summed E-state index contributed by atoms with van der Waals surface area (Å²) in [6, 6.07) is 10.0. The van der Waals surface area contributed by atoms with Gasteiger partial charge in [-0.3, -0.25) is 14.9 Å². The Balaban J connectivity index is 2.00. The Hall–Kier alpha value is -3.03. The molecule has 0 bridgehead atoms. The number of ether oxygens (including phenoxy) is 1. The van der Waals surface area contributed by atoms with Crippen LogP contribution in [-0.2, 0) is 6.54 Å². The Morgan fingerprint density at radius 3 is 2.50 bits per heavy atom. The van der Waals surface area contributed by atoms with Crippen LogP contribution in [0.15, 0.2) is 42.5 Å². The van der Waals surface area contributed by atoms with Crippen molar-refractivity contribution < 1.29 is 23.2 Å². The smallest absolute Gasteiger partial charge is 0.387 e. The van der Waals surface area contributed by atoms with Crippen LogP contribution in [0.2, 0.25) is 0 Å². The van der Waals surface area contributed by atoms with E-state index >= 15 is 0 Å². The molecule has 0 aromatic heterocycles. The van der Waals surface area contributed by atoms with Crippen molar-refractivity contribution in [1.82, 2.24) is 5.32 Å². The third-order valence-electron chi connectivity index (χ3n) is 3.27. The summed E-state index contributed by atoms with van der Waals surface area (Å²) in [7, 11) is 0. The molecule has 0 spiro atoms. The number of nitrogens with one attached hydrogen (secondary N) is 1. The number of carbonyl (C=O) groups excluding carboxylic acids is 1. The van der Waals surface area contributed by atoms with Gasteiger partial charge in [-0.15, -0.1) is 0 Å². The van der Waals surface area contributed by atoms with E-state index in [1.165, 1.54) is 42.5 Å². The number of nitro groups is 1. The van der Waals surface area contributed by atoms with Crippen molar-refractivity contribution in [2.45, 2.75) is 20.1 Å². The van der Waals surface area contributed by atoms with Crippen molar-refractivity contribution >= 4 is 11.6 Å². The van der Waals surface area contributed by atoms with Crippen molar-refractivity contribution in [3.8, 4) is 5.75 Å². The number of rotatable bonds is 6. The van der Waals surface area contributed by atoms with Gasteiger partial charge in [-0.25, -0.2) is 0 Å². The molecule has 0 radical (unpaired) electrons. The monoisotopic (exact) mass is 336 g/mol. The van der Waals surface area contributed by atoms with Gasteiger partial charge in [0, 0.05) is 23.7 Å². The van der Waals surface area contributed by atoms with Crippen molar-refractivity contribution in [2.75, 3.05) is 0 Å². The summed E-state index contributed by atoms with van der Waals surface area (Å²) in [6.07, 6.45) is 0. The number of hydrogen-bond donors (Lipinski definition) is 1. The topological polar surface area (TPSA) is 81.5 Å². The van der Waals surface area contributed by atoms with E-state index in [9.17, 15) is 23.7 Å². The molecule has 6 nitrogen and oxygen atoms in total. The minimum Gasteiger partial charge on any atom is -0.435 e. The molecule has 0 saturated carbocycles. The van der Waals surface area contributed by atoms with Crippen LogP contribution in [0.1, 0.15) is 21.5 Å². The molecule has 0 aliphatic rings. The average molecular weight is 336 g/mol. The van der Waals surface area contributed by atoms with E-state index in [1.807, 2.05) is 0 Å². The number of hydrogen-bond acceptors (Lipinski definition) is 4. The molecule has 1 N–H and O–H groups in total. The molecular weight excluding hydrogens is 322 g/mol. The molecule has 0 aliphatic heterocycles. The van der Waals surface area contributed by atoms with Crippen LogP contribution in [0, 0.1) is 17.0 Å². The van der Waals surface area contributed by atoms with Gasteiger partial charge in [0.15, 0.2) is 0 Å². The second kappa shape index (κ2) is 7.49. The van der Waals surface area contributed by atoms with Crippen LogP contribution in [0.4, 0.5) is 14.5 Å². The maximum absolute atomic E-state index is 12.1. The molecule has 0 saturated heterocycles. The van der Waals surface area contributed by atoms with Crippen LogP contribution >= 0.6 is 0 Å². The molecular formula is C16H14F2N2O4. The zero-order chi connectivity index (χ0) is 17.7. The fourth-order valence-electron chi connectivity index (χ4n) is 2.02. The number of carbonyl (C=O) groups is 1. The molecule has 0 aliphatic carbocycles. The summed E-state index contributed by atoms with van der Waals surface area (Å²) in [5.41, 5.74) is 1.18. The second-order valence-electron chi connectivity index (χ2n) is 4.96. The quantitative estimate of drug-likeness (QED) is 0.647. The number of nitrogens with zero attached hydrogens (tertiary/aromatic N) is 1. The minimum atomic E-state index is -2.90. The Morgan fingerprint density at radius 2 is 1.92 bits per heavy atom. The number of halogens is 2. The first-order valence-corrected chi connectivity index (χ1v) is 6.94. The largest absolute Gasteiger partial charge is 0.435 e. The van der Waals surface area contributed by atoms with Gasteiger partial charge in [0.05, 0.1) is 4.92 Å². The highest BCUT2D eigenvalue weighted by atomic mass is 19.3. The lowest BCUT2D eigenvalue weighted by atomic mass is 10.1. The first-order chi connectivity index (χ1) is 11.4. The van der Waals surface area contributed by atoms with E-state index in [1.54, 1.807) is 6.92 Å². The molecule has 8 heteroatoms. The average Bonchev–Trinajstić information content (AvgIpc) is 2.53. The molecule has 126 valence electrons. The second-order valence-corrected chi connectivity index (χ2v) is 4.96. The number of amides is 1. The SMILES string of the molecule is Cc1ccc(C(=O)NCc2ccc(OC(F)F)cc2)cc1[N+](=O)[O-]. The predicted molar refractivity (Wildman–Crippen MR) is 82.1 cm³/mol. The van der Waals surface area contributed by atoms with Crippen LogP contribution in [0.3, 0.4) is 0 Å². The molecule has 2 aromatic rings. The zero-order valence-electron chi connectivity index (χ0n) is 12.7. The lowest BCUT2D eigenvalue weighted by molar-refractivity contribution is -0.385. The van der Waals surface area contributed by atoms with Crippen molar-refractivity contribution in [3.63, 3.8) is 0 Å². The summed E-state index contributed by atoms with van der Waals surface area (Å²) in [6.45, 7) is -1.16. The maximum atomic E-state index is 12.1. The van der Waals surface area contributed by atoms with E-state index in [0.717, 1.165) is 0 Å². The molecule has 0 unspecified atom stereocenters. The lowest BCUT2D eigenvalue weighted by Gasteiger charge is -2.08. The molecule has 2 rings (SSSR count). The highest BCUT2D eigenvalue weighted by Crippen LogP contribution is 2.19. The van der Waals surface area contributed by atoms with Crippen LogP contribution < -0.4 is 10.1 Å². The van der Waals surface area contributed by atoms with Gasteiger partial charge >= 0.3 is 6.61 Å². The first kappa shape index (κ1) is 17.3. The van der Waals surface area contributed by atoms with Crippen molar-refractivity contribution in [1.29, 1.82) is 0 Å². The number of alkyl halides is 2. The van der Waals surface area contributed by atoms with Crippen LogP contribution in [0.25, 0.3) is 0 Å². The zero-order valence-corrected chi connectivity index (χ0v) is 12.7. The van der Waals surface area contributed by atoms with Gasteiger partial charge in [-0.1, -0.05) is 18.2 Å². The fraction of sp³-hybridized carbons (Fsp3) is 0.188. The third-order valence-corrected chi connectivity index (χ3v) is 3.27. The van der Waals surface area contributed by atoms with E-state index in [4.69, 9.17) is 0 Å². The van der Waals surface area contributed by atoms with Gasteiger partial charge in [-0.05, 0) is 30.7 Å². The van der Waals surface area contributed by atoms with Gasteiger partial charge in [0.2, 0.25) is 0 Å². The van der Waals surface area contributed by atoms with E-state index in [2.05, 4.69) is 10.1 Å². The number of benzene rings is 2. The Labute approximate surface area is 136 Å². The van der Waals surface area contributed by atoms with Gasteiger partial charge in [0.25, 0.3) is 11.6 Å². The highest BCUT2D eigenvalue weighted by Gasteiger charge is 2.14. The van der Waals surface area contributed by atoms with E-state index in [0.29, 0.717) is 11.1 Å². The molecule has 2 aromatic carbocycles. The molecule has 0 heterocycles. The number of aryl methyl sites for hydroxylation is 1. The van der Waals surface area contributed by atoms with Crippen LogP contribution in [0.5, 0.6) is 5.75 Å². The molecule has 24 heavy (non-hydrogen) atoms. The number of nitro benzene ring substituents is 1. The Kier molecular flexibility index (Phi) is 5.41. The Bertz CT molecular complexity index is 748. The summed E-state index contributed by atoms with van der Waals surface area (Å²) in [4.78, 5) is 22.4. The van der Waals surface area contributed by atoms with Crippen LogP contribution in [-0.4, -0.2) is 17.4 Å². The molecule has 0 atom stereocenters. The Morgan fingerprint density at radius 1 is 1.25 bits per heavy atom. The van der Waals surface area contributed by atoms with Crippen molar-refractivity contribution in [3.05, 3.63) is 69.3 Å². The van der Waals surface area contributed by atoms with Gasteiger partial charge < -0.3 is 10.1 Å². The summed E-state index contributed by atoms with van der Waals surface area (Å²) in [5.74, 6) is -0.444. The van der Waals surface area contributed by atoms with Gasteiger partial charge in [0.1, 0.15) is 5.75 Å². The summed E-state index contributed by atoms with van der Waals surface area (Å²) < 4.78 is 28.3. The fourth-order valence-corrected chi connectivity index (χ4v) is 2.02. The normalized spacial score (nSPS) is 10.5. The summed E-state index contributed by atoms with van der Waals surface area (Å²) in [5, 5.41) is 13.5. The first-order valence-electron chi connectivity index (χ1n) is 6.94. The van der Waals surface area contributed by atoms with E-state index in [-0.39, 0.29) is 23.5 Å². The standard InChI is InChI=1S/C16H14F2N2O4/c1-10-2-5-12(8-14(10)20(22)23)15(21)19-9-11-3-6-13(7-4-11)24-16(17)18/h2-8,16H,9H2,1H3,(H,19,21). The highest BCUT2D eigenvalue weighted by molar-refractivity contribution is 5.94. The van der Waals surface area contributed by atoms with E-state index < -0.39 is 17.4 Å². The van der Waals surface area contributed by atoms with Crippen molar-refractivity contribution in [2.24, 2.45) is 0 Å². The summed E-state index contributed by atoms with van der Waals surface area (Å²) >= 11 is 0. The lowest BCUT2D eigenvalue weighted by Crippen LogP contribution is -2.22.